The van der Waals surface area contributed by atoms with Crippen LogP contribution in [-0.4, -0.2) is 35.4 Å². The second kappa shape index (κ2) is 6.43. The van der Waals surface area contributed by atoms with Gasteiger partial charge < -0.3 is 16.0 Å². The average molecular weight is 344 g/mol. The van der Waals surface area contributed by atoms with Crippen molar-refractivity contribution >= 4 is 16.5 Å². The van der Waals surface area contributed by atoms with Gasteiger partial charge in [-0.2, -0.15) is 0 Å². The Bertz CT molecular complexity index is 672. The molecule has 0 atom stereocenters. The van der Waals surface area contributed by atoms with Gasteiger partial charge in [-0.1, -0.05) is 41.7 Å². The van der Waals surface area contributed by atoms with Gasteiger partial charge >= 0.3 is 0 Å². The van der Waals surface area contributed by atoms with Crippen LogP contribution in [0.4, 0.5) is 5.13 Å². The van der Waals surface area contributed by atoms with Crippen molar-refractivity contribution in [3.63, 3.8) is 0 Å². The summed E-state index contributed by atoms with van der Waals surface area (Å²) in [5.41, 5.74) is 7.69. The van der Waals surface area contributed by atoms with Gasteiger partial charge in [-0.3, -0.25) is 0 Å². The van der Waals surface area contributed by atoms with Crippen molar-refractivity contribution in [2.45, 2.75) is 50.2 Å². The van der Waals surface area contributed by atoms with Crippen LogP contribution in [0.3, 0.4) is 0 Å². The van der Waals surface area contributed by atoms with Crippen molar-refractivity contribution < 1.29 is 0 Å². The molecule has 0 amide bonds. The Morgan fingerprint density at radius 3 is 2.46 bits per heavy atom. The molecule has 2 aromatic rings. The standard InChI is InChI=1S/C18H25N5S/c1-13-21-22-17(24-13)23-9-7-15(8-10-23)20-16-11-18(19,12-16)14-5-3-2-4-6-14/h2-6,15-16,20H,7-12,19H2,1H3. The first-order valence-electron chi connectivity index (χ1n) is 8.78. The number of nitrogens with two attached hydrogens (primary N) is 1. The minimum Gasteiger partial charge on any atom is -0.347 e. The van der Waals surface area contributed by atoms with Crippen molar-refractivity contribution in [3.8, 4) is 0 Å². The summed E-state index contributed by atoms with van der Waals surface area (Å²) in [5, 5.41) is 14.3. The maximum Gasteiger partial charge on any atom is 0.208 e. The van der Waals surface area contributed by atoms with Crippen LogP contribution in [0.15, 0.2) is 30.3 Å². The highest BCUT2D eigenvalue weighted by Crippen LogP contribution is 2.39. The summed E-state index contributed by atoms with van der Waals surface area (Å²) >= 11 is 1.69. The summed E-state index contributed by atoms with van der Waals surface area (Å²) in [5.74, 6) is 0. The highest BCUT2D eigenvalue weighted by Gasteiger charge is 2.42. The number of anilines is 1. The van der Waals surface area contributed by atoms with E-state index in [0.29, 0.717) is 12.1 Å². The number of nitrogens with one attached hydrogen (secondary N) is 1. The fourth-order valence-electron chi connectivity index (χ4n) is 3.93. The summed E-state index contributed by atoms with van der Waals surface area (Å²) < 4.78 is 0. The monoisotopic (exact) mass is 343 g/mol. The second-order valence-corrected chi connectivity index (χ2v) is 8.32. The smallest absolute Gasteiger partial charge is 0.208 e. The second-order valence-electron chi connectivity index (χ2n) is 7.16. The number of benzene rings is 1. The molecule has 0 spiro atoms. The van der Waals surface area contributed by atoms with Crippen LogP contribution in [0.5, 0.6) is 0 Å². The summed E-state index contributed by atoms with van der Waals surface area (Å²) in [6, 6.07) is 11.7. The molecule has 2 heterocycles. The van der Waals surface area contributed by atoms with Crippen molar-refractivity contribution in [1.82, 2.24) is 15.5 Å². The van der Waals surface area contributed by atoms with Crippen molar-refractivity contribution in [3.05, 3.63) is 40.9 Å². The molecule has 1 aliphatic carbocycles. The molecular weight excluding hydrogens is 318 g/mol. The molecule has 5 nitrogen and oxygen atoms in total. The van der Waals surface area contributed by atoms with Gasteiger partial charge in [-0.25, -0.2) is 0 Å². The van der Waals surface area contributed by atoms with E-state index >= 15 is 0 Å². The number of aromatic nitrogens is 2. The molecule has 0 unspecified atom stereocenters. The van der Waals surface area contributed by atoms with E-state index in [0.717, 1.165) is 48.9 Å². The maximum atomic E-state index is 6.56. The number of nitrogens with zero attached hydrogens (tertiary/aromatic N) is 3. The summed E-state index contributed by atoms with van der Waals surface area (Å²) in [6.45, 7) is 4.13. The van der Waals surface area contributed by atoms with E-state index < -0.39 is 0 Å². The lowest BCUT2D eigenvalue weighted by Gasteiger charge is -2.48. The summed E-state index contributed by atoms with van der Waals surface area (Å²) in [4.78, 5) is 2.36. The quantitative estimate of drug-likeness (QED) is 0.892. The highest BCUT2D eigenvalue weighted by molar-refractivity contribution is 7.15. The number of hydrogen-bond acceptors (Lipinski definition) is 6. The van der Waals surface area contributed by atoms with Gasteiger partial charge in [0.25, 0.3) is 0 Å². The lowest BCUT2D eigenvalue weighted by atomic mass is 9.69. The molecule has 6 heteroatoms. The lowest BCUT2D eigenvalue weighted by molar-refractivity contribution is 0.157. The highest BCUT2D eigenvalue weighted by atomic mass is 32.1. The van der Waals surface area contributed by atoms with Crippen LogP contribution in [0.25, 0.3) is 0 Å². The van der Waals surface area contributed by atoms with Crippen LogP contribution in [-0.2, 0) is 5.54 Å². The molecule has 1 aromatic carbocycles. The predicted octanol–water partition coefficient (Wildman–Crippen LogP) is 2.42. The molecule has 3 N–H and O–H groups in total. The number of rotatable bonds is 4. The van der Waals surface area contributed by atoms with E-state index in [1.54, 1.807) is 11.3 Å². The number of piperidine rings is 1. The molecule has 1 aromatic heterocycles. The first-order chi connectivity index (χ1) is 11.6. The maximum absolute atomic E-state index is 6.56. The Kier molecular flexibility index (Phi) is 4.28. The molecular formula is C18H25N5S. The van der Waals surface area contributed by atoms with E-state index in [4.69, 9.17) is 5.73 Å². The SMILES string of the molecule is Cc1nnc(N2CCC(NC3CC(N)(c4ccccc4)C3)CC2)s1. The van der Waals surface area contributed by atoms with Gasteiger partial charge in [0, 0.05) is 30.7 Å². The first kappa shape index (κ1) is 16.0. The Balaban J connectivity index is 1.25. The van der Waals surface area contributed by atoms with Gasteiger partial charge in [0.2, 0.25) is 5.13 Å². The van der Waals surface area contributed by atoms with Crippen molar-refractivity contribution in [2.24, 2.45) is 5.73 Å². The van der Waals surface area contributed by atoms with Gasteiger partial charge in [0.05, 0.1) is 0 Å². The number of hydrogen-bond donors (Lipinski definition) is 2. The molecule has 24 heavy (non-hydrogen) atoms. The minimum absolute atomic E-state index is 0.135. The molecule has 1 saturated carbocycles. The van der Waals surface area contributed by atoms with E-state index in [9.17, 15) is 0 Å². The minimum atomic E-state index is -0.135. The normalized spacial score (nSPS) is 27.9. The molecule has 128 valence electrons. The fraction of sp³-hybridized carbons (Fsp3) is 0.556. The zero-order valence-electron chi connectivity index (χ0n) is 14.1. The lowest BCUT2D eigenvalue weighted by Crippen LogP contribution is -2.59. The predicted molar refractivity (Wildman–Crippen MR) is 98.3 cm³/mol. The zero-order chi connectivity index (χ0) is 16.6. The summed E-state index contributed by atoms with van der Waals surface area (Å²) in [7, 11) is 0. The van der Waals surface area contributed by atoms with Crippen molar-refractivity contribution in [2.75, 3.05) is 18.0 Å². The third kappa shape index (κ3) is 3.18. The van der Waals surface area contributed by atoms with Crippen LogP contribution in [0.2, 0.25) is 0 Å². The third-order valence-electron chi connectivity index (χ3n) is 5.32. The van der Waals surface area contributed by atoms with Crippen LogP contribution in [0.1, 0.15) is 36.3 Å². The van der Waals surface area contributed by atoms with Crippen molar-refractivity contribution in [1.29, 1.82) is 0 Å². The largest absolute Gasteiger partial charge is 0.347 e. The van der Waals surface area contributed by atoms with Gasteiger partial charge in [0.15, 0.2) is 0 Å². The molecule has 4 rings (SSSR count). The van der Waals surface area contributed by atoms with Gasteiger partial charge in [-0.15, -0.1) is 10.2 Å². The molecule has 1 saturated heterocycles. The zero-order valence-corrected chi connectivity index (χ0v) is 14.9. The van der Waals surface area contributed by atoms with E-state index in [2.05, 4.69) is 50.7 Å². The Hall–Kier alpha value is -1.50. The Morgan fingerprint density at radius 2 is 1.83 bits per heavy atom. The number of aryl methyl sites for hydroxylation is 1. The van der Waals surface area contributed by atoms with E-state index in [1.165, 1.54) is 5.56 Å². The Morgan fingerprint density at radius 1 is 1.12 bits per heavy atom. The van der Waals surface area contributed by atoms with E-state index in [-0.39, 0.29) is 5.54 Å². The molecule has 2 aliphatic rings. The topological polar surface area (TPSA) is 67.1 Å². The van der Waals surface area contributed by atoms with Gasteiger partial charge in [-0.05, 0) is 38.2 Å². The van der Waals surface area contributed by atoms with Crippen LogP contribution < -0.4 is 16.0 Å². The van der Waals surface area contributed by atoms with E-state index in [1.807, 2.05) is 6.92 Å². The molecule has 0 radical (unpaired) electrons. The van der Waals surface area contributed by atoms with Gasteiger partial charge in [0.1, 0.15) is 5.01 Å². The third-order valence-corrected chi connectivity index (χ3v) is 6.22. The summed E-state index contributed by atoms with van der Waals surface area (Å²) in [6.07, 6.45) is 4.40. The average Bonchev–Trinajstić information content (AvgIpc) is 3.01. The molecule has 1 aliphatic heterocycles. The Labute approximate surface area is 147 Å². The molecule has 0 bridgehead atoms. The van der Waals surface area contributed by atoms with Crippen LogP contribution >= 0.6 is 11.3 Å². The molecule has 2 fully saturated rings. The van der Waals surface area contributed by atoms with Crippen LogP contribution in [0, 0.1) is 6.92 Å². The fourth-order valence-corrected chi connectivity index (χ4v) is 4.67. The first-order valence-corrected chi connectivity index (χ1v) is 9.59.